The Bertz CT molecular complexity index is 1250. The molecule has 36 heavy (non-hydrogen) atoms. The number of hydrogen-bond acceptors (Lipinski definition) is 6. The number of fused-ring (bicyclic) bond motifs is 1. The lowest BCUT2D eigenvalue weighted by Crippen LogP contribution is -2.63. The summed E-state index contributed by atoms with van der Waals surface area (Å²) in [5.74, 6) is -1.49. The third-order valence-electron chi connectivity index (χ3n) is 7.89. The van der Waals surface area contributed by atoms with Gasteiger partial charge in [-0.3, -0.25) is 29.6 Å². The van der Waals surface area contributed by atoms with Crippen LogP contribution in [0.2, 0.25) is 5.02 Å². The second-order valence-electron chi connectivity index (χ2n) is 10.7. The number of hydrogen-bond donors (Lipinski definition) is 2. The molecule has 2 saturated heterocycles. The van der Waals surface area contributed by atoms with Gasteiger partial charge in [0.2, 0.25) is 11.8 Å². The molecular weight excluding hydrogens is 479 g/mol. The standard InChI is InChI=1S/C26H28BClN4O4/c1-24(2)15-31(13-16-3-5-17(28)6-4-16)12-11-25(24,36)20-8-7-18-19(29-20)14-32(22(18)34)26(27)10-9-21(33)30-23(26)35/h3-8,36H,9-15H2,1-2H3,(H,30,33,35). The van der Waals surface area contributed by atoms with E-state index >= 15 is 0 Å². The summed E-state index contributed by atoms with van der Waals surface area (Å²) in [4.78, 5) is 45.5. The third kappa shape index (κ3) is 4.03. The van der Waals surface area contributed by atoms with Crippen molar-refractivity contribution in [1.29, 1.82) is 0 Å². The lowest BCUT2D eigenvalue weighted by atomic mass is 9.68. The average Bonchev–Trinajstić information content (AvgIpc) is 3.17. The molecule has 5 rings (SSSR count). The number of imide groups is 1. The Morgan fingerprint density at radius 1 is 1.11 bits per heavy atom. The quantitative estimate of drug-likeness (QED) is 0.486. The zero-order valence-electron chi connectivity index (χ0n) is 20.4. The number of pyridine rings is 1. The molecule has 2 fully saturated rings. The number of amides is 3. The monoisotopic (exact) mass is 506 g/mol. The highest BCUT2D eigenvalue weighted by atomic mass is 35.5. The van der Waals surface area contributed by atoms with Gasteiger partial charge < -0.3 is 10.0 Å². The van der Waals surface area contributed by atoms with E-state index in [4.69, 9.17) is 24.4 Å². The summed E-state index contributed by atoms with van der Waals surface area (Å²) >= 11 is 6.01. The number of piperidine rings is 2. The summed E-state index contributed by atoms with van der Waals surface area (Å²) in [6, 6.07) is 11.1. The van der Waals surface area contributed by atoms with Crippen molar-refractivity contribution in [2.24, 2.45) is 5.41 Å². The molecule has 2 N–H and O–H groups in total. The first-order valence-corrected chi connectivity index (χ1v) is 12.5. The number of nitrogens with one attached hydrogen (secondary N) is 1. The normalized spacial score (nSPS) is 28.2. The first-order chi connectivity index (χ1) is 16.9. The molecule has 3 amide bonds. The lowest BCUT2D eigenvalue weighted by molar-refractivity contribution is -0.138. The number of carbonyl (C=O) groups excluding carboxylic acids is 3. The van der Waals surface area contributed by atoms with Crippen LogP contribution in [0.4, 0.5) is 0 Å². The van der Waals surface area contributed by atoms with Gasteiger partial charge in [0.05, 0.1) is 28.9 Å². The highest BCUT2D eigenvalue weighted by Crippen LogP contribution is 2.46. The van der Waals surface area contributed by atoms with Crippen molar-refractivity contribution in [3.8, 4) is 0 Å². The molecule has 186 valence electrons. The van der Waals surface area contributed by atoms with E-state index in [2.05, 4.69) is 10.2 Å². The maximum Gasteiger partial charge on any atom is 0.256 e. The van der Waals surface area contributed by atoms with Gasteiger partial charge in [-0.15, -0.1) is 0 Å². The number of likely N-dealkylation sites (tertiary alicyclic amines) is 1. The van der Waals surface area contributed by atoms with Crippen molar-refractivity contribution in [3.63, 3.8) is 0 Å². The van der Waals surface area contributed by atoms with E-state index in [1.165, 1.54) is 4.90 Å². The van der Waals surface area contributed by atoms with E-state index in [0.717, 1.165) is 12.1 Å². The minimum atomic E-state index is -1.62. The number of nitrogens with zero attached hydrogens (tertiary/aromatic N) is 3. The number of carbonyl (C=O) groups is 3. The van der Waals surface area contributed by atoms with Crippen molar-refractivity contribution < 1.29 is 19.5 Å². The van der Waals surface area contributed by atoms with Gasteiger partial charge in [-0.05, 0) is 42.7 Å². The Labute approximate surface area is 216 Å². The molecular formula is C26H28BClN4O4. The molecule has 10 heteroatoms. The number of halogens is 1. The molecule has 1 aromatic carbocycles. The highest BCUT2D eigenvalue weighted by molar-refractivity contribution is 6.32. The maximum atomic E-state index is 13.1. The van der Waals surface area contributed by atoms with Crippen LogP contribution in [0.25, 0.3) is 0 Å². The Hall–Kier alpha value is -2.75. The minimum Gasteiger partial charge on any atom is -0.383 e. The Morgan fingerprint density at radius 2 is 1.83 bits per heavy atom. The Kier molecular flexibility index (Phi) is 6.01. The first kappa shape index (κ1) is 24.9. The molecule has 0 saturated carbocycles. The van der Waals surface area contributed by atoms with Gasteiger partial charge in [0.25, 0.3) is 5.91 Å². The number of rotatable bonds is 4. The van der Waals surface area contributed by atoms with Crippen LogP contribution in [0, 0.1) is 5.41 Å². The van der Waals surface area contributed by atoms with E-state index in [-0.39, 0.29) is 19.4 Å². The van der Waals surface area contributed by atoms with Gasteiger partial charge in [-0.2, -0.15) is 0 Å². The molecule has 8 nitrogen and oxygen atoms in total. The molecule has 0 spiro atoms. The molecule has 3 aliphatic heterocycles. The van der Waals surface area contributed by atoms with Gasteiger partial charge in [0.15, 0.2) is 0 Å². The summed E-state index contributed by atoms with van der Waals surface area (Å²) in [5.41, 5.74) is -0.867. The number of aromatic nitrogens is 1. The summed E-state index contributed by atoms with van der Waals surface area (Å²) in [6.45, 7) is 6.15. The van der Waals surface area contributed by atoms with Gasteiger partial charge in [-0.1, -0.05) is 37.6 Å². The van der Waals surface area contributed by atoms with Crippen LogP contribution in [-0.4, -0.2) is 64.0 Å². The van der Waals surface area contributed by atoms with Crippen molar-refractivity contribution in [1.82, 2.24) is 20.1 Å². The Balaban J connectivity index is 1.36. The predicted molar refractivity (Wildman–Crippen MR) is 134 cm³/mol. The van der Waals surface area contributed by atoms with Gasteiger partial charge in [0, 0.05) is 36.5 Å². The number of aliphatic hydroxyl groups is 1. The second kappa shape index (κ2) is 8.68. The molecule has 4 heterocycles. The van der Waals surface area contributed by atoms with Gasteiger partial charge >= 0.3 is 0 Å². The molecule has 2 atom stereocenters. The Morgan fingerprint density at radius 3 is 2.50 bits per heavy atom. The summed E-state index contributed by atoms with van der Waals surface area (Å²) in [5, 5.41) is 14.8. The van der Waals surface area contributed by atoms with Crippen LogP contribution in [0.3, 0.4) is 0 Å². The van der Waals surface area contributed by atoms with Crippen LogP contribution in [0.5, 0.6) is 0 Å². The van der Waals surface area contributed by atoms with Crippen LogP contribution in [-0.2, 0) is 28.3 Å². The number of benzene rings is 1. The molecule has 0 aliphatic carbocycles. The molecule has 3 aliphatic rings. The predicted octanol–water partition coefficient (Wildman–Crippen LogP) is 2.11. The van der Waals surface area contributed by atoms with E-state index in [0.29, 0.717) is 41.5 Å². The third-order valence-corrected chi connectivity index (χ3v) is 8.14. The van der Waals surface area contributed by atoms with E-state index in [1.54, 1.807) is 12.1 Å². The SMILES string of the molecule is [B]C1(N2Cc3nc(C4(O)CCN(Cc5ccc(Cl)cc5)CC4(C)C)ccc3C2=O)CCC(=O)NC1=O. The summed E-state index contributed by atoms with van der Waals surface area (Å²) in [6.07, 6.45) is 0.578. The van der Waals surface area contributed by atoms with Gasteiger partial charge in [-0.25, -0.2) is 0 Å². The second-order valence-corrected chi connectivity index (χ2v) is 11.2. The van der Waals surface area contributed by atoms with Crippen molar-refractivity contribution in [2.75, 3.05) is 13.1 Å². The minimum absolute atomic E-state index is 0.0410. The van der Waals surface area contributed by atoms with Crippen LogP contribution in [0.15, 0.2) is 36.4 Å². The maximum absolute atomic E-state index is 13.1. The fraction of sp³-hybridized carbons (Fsp3) is 0.462. The highest BCUT2D eigenvalue weighted by Gasteiger charge is 2.52. The van der Waals surface area contributed by atoms with Crippen LogP contribution < -0.4 is 5.32 Å². The molecule has 0 bridgehead atoms. The molecule has 1 aromatic heterocycles. The fourth-order valence-corrected chi connectivity index (χ4v) is 5.72. The largest absolute Gasteiger partial charge is 0.383 e. The topological polar surface area (TPSA) is 103 Å². The van der Waals surface area contributed by atoms with Gasteiger partial charge in [0.1, 0.15) is 13.4 Å². The van der Waals surface area contributed by atoms with E-state index in [1.807, 2.05) is 38.1 Å². The molecule has 2 aromatic rings. The first-order valence-electron chi connectivity index (χ1n) is 12.1. The van der Waals surface area contributed by atoms with Crippen molar-refractivity contribution in [3.05, 3.63) is 63.9 Å². The average molecular weight is 507 g/mol. The van der Waals surface area contributed by atoms with Crippen LogP contribution >= 0.6 is 11.6 Å². The zero-order chi connectivity index (χ0) is 25.9. The summed E-state index contributed by atoms with van der Waals surface area (Å²) in [7, 11) is 6.33. The molecule has 2 radical (unpaired) electrons. The van der Waals surface area contributed by atoms with Crippen molar-refractivity contribution in [2.45, 2.75) is 57.2 Å². The summed E-state index contributed by atoms with van der Waals surface area (Å²) < 4.78 is 0. The fourth-order valence-electron chi connectivity index (χ4n) is 5.59. The smallest absolute Gasteiger partial charge is 0.256 e. The van der Waals surface area contributed by atoms with E-state index in [9.17, 15) is 19.5 Å². The van der Waals surface area contributed by atoms with E-state index < -0.39 is 34.2 Å². The lowest BCUT2D eigenvalue weighted by Gasteiger charge is -2.50. The molecule has 2 unspecified atom stereocenters. The zero-order valence-corrected chi connectivity index (χ0v) is 21.1. The van der Waals surface area contributed by atoms with Crippen LogP contribution in [0.1, 0.15) is 60.4 Å². The van der Waals surface area contributed by atoms with Crippen molar-refractivity contribution >= 4 is 37.2 Å².